The Labute approximate surface area is 124 Å². The van der Waals surface area contributed by atoms with E-state index in [1.807, 2.05) is 24.3 Å². The van der Waals surface area contributed by atoms with Gasteiger partial charge in [-0.15, -0.1) is 0 Å². The number of carbonyl (C=O) groups excluding carboxylic acids is 1. The van der Waals surface area contributed by atoms with Crippen LogP contribution in [0.2, 0.25) is 5.02 Å². The quantitative estimate of drug-likeness (QED) is 0.901. The summed E-state index contributed by atoms with van der Waals surface area (Å²) in [5, 5.41) is 3.20. The number of halogens is 2. The van der Waals surface area contributed by atoms with Gasteiger partial charge in [-0.2, -0.15) is 0 Å². The van der Waals surface area contributed by atoms with Gasteiger partial charge in [-0.1, -0.05) is 27.5 Å². The molecule has 0 fully saturated rings. The number of rotatable bonds is 3. The fraction of sp³-hybridized carbons (Fsp3) is 0.0714. The number of hydrogen-bond donors (Lipinski definition) is 1. The maximum Gasteiger partial charge on any atom is 0.255 e. The lowest BCUT2D eigenvalue weighted by atomic mass is 10.2. The molecule has 2 aromatic rings. The Kier molecular flexibility index (Phi) is 4.45. The molecule has 5 heteroatoms. The summed E-state index contributed by atoms with van der Waals surface area (Å²) in [6.45, 7) is 0. The molecular weight excluding hydrogens is 330 g/mol. The zero-order valence-corrected chi connectivity index (χ0v) is 12.5. The average Bonchev–Trinajstić information content (AvgIpc) is 2.41. The van der Waals surface area contributed by atoms with Gasteiger partial charge in [0, 0.05) is 15.7 Å². The van der Waals surface area contributed by atoms with E-state index in [4.69, 9.17) is 16.3 Å². The average molecular weight is 341 g/mol. The molecule has 0 radical (unpaired) electrons. The first-order valence-corrected chi connectivity index (χ1v) is 6.67. The van der Waals surface area contributed by atoms with Crippen LogP contribution in [0, 0.1) is 0 Å². The largest absolute Gasteiger partial charge is 0.495 e. The Bertz CT molecular complexity index is 599. The minimum atomic E-state index is -0.216. The van der Waals surface area contributed by atoms with E-state index in [2.05, 4.69) is 21.2 Å². The topological polar surface area (TPSA) is 38.3 Å². The van der Waals surface area contributed by atoms with Crippen LogP contribution >= 0.6 is 27.5 Å². The minimum absolute atomic E-state index is 0.216. The van der Waals surface area contributed by atoms with Gasteiger partial charge in [-0.25, -0.2) is 0 Å². The molecule has 0 aliphatic rings. The summed E-state index contributed by atoms with van der Waals surface area (Å²) in [5.74, 6) is 0.328. The first-order valence-electron chi connectivity index (χ1n) is 5.50. The molecule has 2 aromatic carbocycles. The lowest BCUT2D eigenvalue weighted by Crippen LogP contribution is -2.11. The highest BCUT2D eigenvalue weighted by atomic mass is 79.9. The lowest BCUT2D eigenvalue weighted by molar-refractivity contribution is 0.102. The van der Waals surface area contributed by atoms with Crippen molar-refractivity contribution in [3.63, 3.8) is 0 Å². The highest BCUT2D eigenvalue weighted by Crippen LogP contribution is 2.25. The molecule has 0 aliphatic carbocycles. The molecule has 0 heterocycles. The van der Waals surface area contributed by atoms with Gasteiger partial charge < -0.3 is 10.1 Å². The summed E-state index contributed by atoms with van der Waals surface area (Å²) < 4.78 is 6.00. The molecule has 1 N–H and O–H groups in total. The van der Waals surface area contributed by atoms with E-state index in [1.165, 1.54) is 7.11 Å². The summed E-state index contributed by atoms with van der Waals surface area (Å²) in [5.41, 5.74) is 1.20. The molecule has 0 aliphatic heterocycles. The smallest absolute Gasteiger partial charge is 0.255 e. The Balaban J connectivity index is 2.16. The highest BCUT2D eigenvalue weighted by Gasteiger charge is 2.09. The van der Waals surface area contributed by atoms with Crippen molar-refractivity contribution in [3.8, 4) is 5.75 Å². The summed E-state index contributed by atoms with van der Waals surface area (Å²) >= 11 is 9.32. The highest BCUT2D eigenvalue weighted by molar-refractivity contribution is 9.10. The molecule has 0 saturated carbocycles. The predicted molar refractivity (Wildman–Crippen MR) is 80.1 cm³/mol. The fourth-order valence-electron chi connectivity index (χ4n) is 1.54. The van der Waals surface area contributed by atoms with Gasteiger partial charge in [0.2, 0.25) is 0 Å². The van der Waals surface area contributed by atoms with Crippen LogP contribution in [-0.4, -0.2) is 13.0 Å². The number of benzene rings is 2. The Hall–Kier alpha value is -1.52. The summed E-state index contributed by atoms with van der Waals surface area (Å²) in [7, 11) is 1.53. The van der Waals surface area contributed by atoms with Crippen molar-refractivity contribution < 1.29 is 9.53 Å². The number of amides is 1. The van der Waals surface area contributed by atoms with Crippen molar-refractivity contribution in [2.75, 3.05) is 12.4 Å². The molecule has 0 atom stereocenters. The van der Waals surface area contributed by atoms with Gasteiger partial charge >= 0.3 is 0 Å². The number of methoxy groups -OCH3 is 1. The third-order valence-corrected chi connectivity index (χ3v) is 3.34. The molecule has 19 heavy (non-hydrogen) atoms. The molecule has 3 nitrogen and oxygen atoms in total. The number of hydrogen-bond acceptors (Lipinski definition) is 2. The van der Waals surface area contributed by atoms with E-state index in [1.54, 1.807) is 18.2 Å². The van der Waals surface area contributed by atoms with Crippen LogP contribution in [0.3, 0.4) is 0 Å². The molecule has 0 spiro atoms. The molecule has 1 amide bonds. The van der Waals surface area contributed by atoms with E-state index >= 15 is 0 Å². The molecular formula is C14H11BrClNO2. The number of carbonyl (C=O) groups is 1. The Morgan fingerprint density at radius 2 is 1.89 bits per heavy atom. The van der Waals surface area contributed by atoms with Gasteiger partial charge in [0.05, 0.1) is 12.1 Å². The van der Waals surface area contributed by atoms with Crippen molar-refractivity contribution in [2.45, 2.75) is 0 Å². The van der Waals surface area contributed by atoms with Crippen molar-refractivity contribution in [1.29, 1.82) is 0 Å². The van der Waals surface area contributed by atoms with Crippen LogP contribution in [0.15, 0.2) is 46.9 Å². The number of nitrogens with one attached hydrogen (secondary N) is 1. The standard InChI is InChI=1S/C14H11BrClNO2/c1-19-13-7-2-9(8-12(13)16)14(18)17-11-5-3-10(15)4-6-11/h2-8H,1H3,(H,17,18). The first-order chi connectivity index (χ1) is 9.10. The van der Waals surface area contributed by atoms with Crippen molar-refractivity contribution in [3.05, 3.63) is 57.5 Å². The fourth-order valence-corrected chi connectivity index (χ4v) is 2.07. The van der Waals surface area contributed by atoms with Crippen LogP contribution < -0.4 is 10.1 Å². The second-order valence-corrected chi connectivity index (χ2v) is 5.13. The molecule has 0 aromatic heterocycles. The van der Waals surface area contributed by atoms with E-state index in [-0.39, 0.29) is 5.91 Å². The van der Waals surface area contributed by atoms with Crippen LogP contribution in [-0.2, 0) is 0 Å². The van der Waals surface area contributed by atoms with Gasteiger partial charge in [0.25, 0.3) is 5.91 Å². The predicted octanol–water partition coefficient (Wildman–Crippen LogP) is 4.36. The van der Waals surface area contributed by atoms with Crippen LogP contribution in [0.1, 0.15) is 10.4 Å². The summed E-state index contributed by atoms with van der Waals surface area (Å²) in [4.78, 5) is 12.0. The molecule has 0 saturated heterocycles. The van der Waals surface area contributed by atoms with Crippen LogP contribution in [0.4, 0.5) is 5.69 Å². The van der Waals surface area contributed by atoms with Gasteiger partial charge in [-0.3, -0.25) is 4.79 Å². The molecule has 2 rings (SSSR count). The summed E-state index contributed by atoms with van der Waals surface area (Å²) in [6, 6.07) is 12.2. The van der Waals surface area contributed by atoms with Gasteiger partial charge in [0.15, 0.2) is 0 Å². The Morgan fingerprint density at radius 1 is 1.21 bits per heavy atom. The van der Waals surface area contributed by atoms with Crippen LogP contribution in [0.25, 0.3) is 0 Å². The van der Waals surface area contributed by atoms with Gasteiger partial charge in [0.1, 0.15) is 5.75 Å². The SMILES string of the molecule is COc1ccc(C(=O)Nc2ccc(Br)cc2)cc1Cl. The molecule has 0 unspecified atom stereocenters. The van der Waals surface area contributed by atoms with Crippen molar-refractivity contribution in [1.82, 2.24) is 0 Å². The van der Waals surface area contributed by atoms with Crippen LogP contribution in [0.5, 0.6) is 5.75 Å². The van der Waals surface area contributed by atoms with E-state index in [0.717, 1.165) is 10.2 Å². The molecule has 0 bridgehead atoms. The maximum atomic E-state index is 12.0. The second kappa shape index (κ2) is 6.08. The number of anilines is 1. The van der Waals surface area contributed by atoms with Gasteiger partial charge in [-0.05, 0) is 42.5 Å². The zero-order valence-electron chi connectivity index (χ0n) is 10.1. The second-order valence-electron chi connectivity index (χ2n) is 3.81. The lowest BCUT2D eigenvalue weighted by Gasteiger charge is -2.07. The third kappa shape index (κ3) is 3.49. The zero-order chi connectivity index (χ0) is 13.8. The maximum absolute atomic E-state index is 12.0. The van der Waals surface area contributed by atoms with Crippen molar-refractivity contribution >= 4 is 39.1 Å². The number of ether oxygens (including phenoxy) is 1. The first kappa shape index (κ1) is 13.9. The third-order valence-electron chi connectivity index (χ3n) is 2.52. The summed E-state index contributed by atoms with van der Waals surface area (Å²) in [6.07, 6.45) is 0. The Morgan fingerprint density at radius 3 is 2.47 bits per heavy atom. The van der Waals surface area contributed by atoms with Crippen molar-refractivity contribution in [2.24, 2.45) is 0 Å². The molecule has 98 valence electrons. The van der Waals surface area contributed by atoms with E-state index in [9.17, 15) is 4.79 Å². The normalized spacial score (nSPS) is 10.1. The monoisotopic (exact) mass is 339 g/mol. The minimum Gasteiger partial charge on any atom is -0.495 e. The van der Waals surface area contributed by atoms with E-state index < -0.39 is 0 Å². The van der Waals surface area contributed by atoms with E-state index in [0.29, 0.717) is 16.3 Å².